The Balaban J connectivity index is 2.12. The molecule has 1 aromatic carbocycles. The van der Waals surface area contributed by atoms with Crippen LogP contribution >= 0.6 is 0 Å². The third kappa shape index (κ3) is 2.71. The number of morpholine rings is 1. The maximum absolute atomic E-state index is 11.9. The number of aryl methyl sites for hydroxylation is 1. The molecule has 4 nitrogen and oxygen atoms in total. The van der Waals surface area contributed by atoms with Crippen LogP contribution in [0.25, 0.3) is 0 Å². The number of nitrogens with two attached hydrogens (primary N) is 1. The Labute approximate surface area is 108 Å². The lowest BCUT2D eigenvalue weighted by atomic mass is 10.0. The number of rotatable bonds is 2. The van der Waals surface area contributed by atoms with Crippen LogP contribution in [0.5, 0.6) is 0 Å². The van der Waals surface area contributed by atoms with Crippen molar-refractivity contribution in [3.05, 3.63) is 35.4 Å². The summed E-state index contributed by atoms with van der Waals surface area (Å²) in [6.07, 6.45) is -0.0392. The molecule has 1 aromatic rings. The van der Waals surface area contributed by atoms with Crippen molar-refractivity contribution in [1.29, 1.82) is 0 Å². The van der Waals surface area contributed by atoms with Crippen molar-refractivity contribution >= 4 is 5.91 Å². The Morgan fingerprint density at radius 2 is 2.22 bits per heavy atom. The zero-order valence-corrected chi connectivity index (χ0v) is 10.9. The number of amides is 1. The maximum atomic E-state index is 11.9. The Hall–Kier alpha value is -1.39. The molecule has 0 aromatic heterocycles. The summed E-state index contributed by atoms with van der Waals surface area (Å²) in [5, 5.41) is 0. The molecule has 0 radical (unpaired) electrons. The van der Waals surface area contributed by atoms with E-state index >= 15 is 0 Å². The third-order valence-corrected chi connectivity index (χ3v) is 3.30. The summed E-state index contributed by atoms with van der Waals surface area (Å²) in [7, 11) is 0. The number of carbonyl (C=O) groups excluding carboxylic acids is 1. The van der Waals surface area contributed by atoms with Crippen LogP contribution < -0.4 is 5.73 Å². The van der Waals surface area contributed by atoms with E-state index in [-0.39, 0.29) is 12.0 Å². The van der Waals surface area contributed by atoms with Gasteiger partial charge in [0.05, 0.1) is 19.2 Å². The van der Waals surface area contributed by atoms with E-state index in [4.69, 9.17) is 10.5 Å². The van der Waals surface area contributed by atoms with Crippen LogP contribution in [-0.2, 0) is 9.53 Å². The van der Waals surface area contributed by atoms with Crippen molar-refractivity contribution < 1.29 is 9.53 Å². The molecule has 1 aliphatic rings. The van der Waals surface area contributed by atoms with Gasteiger partial charge in [0.1, 0.15) is 6.10 Å². The summed E-state index contributed by atoms with van der Waals surface area (Å²) in [4.78, 5) is 13.7. The Kier molecular flexibility index (Phi) is 3.99. The molecule has 1 fully saturated rings. The minimum absolute atomic E-state index is 0.00289. The highest BCUT2D eigenvalue weighted by atomic mass is 16.5. The lowest BCUT2D eigenvalue weighted by Crippen LogP contribution is -2.48. The summed E-state index contributed by atoms with van der Waals surface area (Å²) in [5.74, 6) is -0.00289. The predicted molar refractivity (Wildman–Crippen MR) is 70.1 cm³/mol. The van der Waals surface area contributed by atoms with Gasteiger partial charge in [0.15, 0.2) is 0 Å². The first-order chi connectivity index (χ1) is 8.59. The first-order valence-corrected chi connectivity index (χ1v) is 6.31. The fourth-order valence-corrected chi connectivity index (χ4v) is 2.27. The van der Waals surface area contributed by atoms with E-state index < -0.39 is 6.04 Å². The van der Waals surface area contributed by atoms with E-state index in [1.165, 1.54) is 5.56 Å². The molecule has 2 N–H and O–H groups in total. The molecule has 4 heteroatoms. The average Bonchev–Trinajstić information content (AvgIpc) is 2.38. The molecule has 0 spiro atoms. The molecule has 2 unspecified atom stereocenters. The minimum Gasteiger partial charge on any atom is -0.370 e. The van der Waals surface area contributed by atoms with Crippen LogP contribution in [0.1, 0.15) is 24.2 Å². The highest BCUT2D eigenvalue weighted by Gasteiger charge is 2.27. The van der Waals surface area contributed by atoms with Gasteiger partial charge in [0, 0.05) is 6.54 Å². The smallest absolute Gasteiger partial charge is 0.239 e. The second-order valence-electron chi connectivity index (χ2n) is 4.79. The zero-order valence-electron chi connectivity index (χ0n) is 10.9. The van der Waals surface area contributed by atoms with Crippen molar-refractivity contribution in [2.75, 3.05) is 19.7 Å². The van der Waals surface area contributed by atoms with E-state index in [0.29, 0.717) is 19.7 Å². The van der Waals surface area contributed by atoms with Crippen LogP contribution in [0.4, 0.5) is 0 Å². The Morgan fingerprint density at radius 3 is 2.89 bits per heavy atom. The highest BCUT2D eigenvalue weighted by Crippen LogP contribution is 2.25. The van der Waals surface area contributed by atoms with E-state index in [1.807, 2.05) is 12.1 Å². The number of benzene rings is 1. The standard InChI is InChI=1S/C14H20N2O2/c1-10-5-3-4-6-12(10)13-9-16(7-8-18-13)14(17)11(2)15/h3-6,11,13H,7-9,15H2,1-2H3. The summed E-state index contributed by atoms with van der Waals surface area (Å²) in [5.41, 5.74) is 7.99. The van der Waals surface area contributed by atoms with Gasteiger partial charge in [-0.25, -0.2) is 0 Å². The average molecular weight is 248 g/mol. The molecule has 18 heavy (non-hydrogen) atoms. The molecule has 1 aliphatic heterocycles. The molecular formula is C14H20N2O2. The summed E-state index contributed by atoms with van der Waals surface area (Å²) in [6.45, 7) is 5.57. The molecular weight excluding hydrogens is 228 g/mol. The lowest BCUT2D eigenvalue weighted by Gasteiger charge is -2.34. The van der Waals surface area contributed by atoms with Crippen LogP contribution in [0, 0.1) is 6.92 Å². The van der Waals surface area contributed by atoms with Crippen LogP contribution in [0.15, 0.2) is 24.3 Å². The van der Waals surface area contributed by atoms with E-state index in [9.17, 15) is 4.79 Å². The second kappa shape index (κ2) is 5.50. The van der Waals surface area contributed by atoms with Gasteiger partial charge in [-0.1, -0.05) is 24.3 Å². The number of ether oxygens (including phenoxy) is 1. The maximum Gasteiger partial charge on any atom is 0.239 e. The van der Waals surface area contributed by atoms with Gasteiger partial charge in [0.25, 0.3) is 0 Å². The number of hydrogen-bond donors (Lipinski definition) is 1. The normalized spacial score (nSPS) is 21.7. The molecule has 0 bridgehead atoms. The Bertz CT molecular complexity index is 432. The topological polar surface area (TPSA) is 55.6 Å². The van der Waals surface area contributed by atoms with E-state index in [0.717, 1.165) is 5.56 Å². The first-order valence-electron chi connectivity index (χ1n) is 6.31. The fourth-order valence-electron chi connectivity index (χ4n) is 2.27. The number of hydrogen-bond acceptors (Lipinski definition) is 3. The minimum atomic E-state index is -0.444. The molecule has 1 amide bonds. The van der Waals surface area contributed by atoms with Crippen LogP contribution in [0.3, 0.4) is 0 Å². The monoisotopic (exact) mass is 248 g/mol. The van der Waals surface area contributed by atoms with Gasteiger partial charge in [0.2, 0.25) is 5.91 Å². The van der Waals surface area contributed by atoms with Gasteiger partial charge in [-0.15, -0.1) is 0 Å². The lowest BCUT2D eigenvalue weighted by molar-refractivity contribution is -0.140. The van der Waals surface area contributed by atoms with Crippen molar-refractivity contribution in [1.82, 2.24) is 4.90 Å². The Morgan fingerprint density at radius 1 is 1.50 bits per heavy atom. The van der Waals surface area contributed by atoms with Crippen molar-refractivity contribution in [3.8, 4) is 0 Å². The first kappa shape index (κ1) is 13.1. The van der Waals surface area contributed by atoms with Crippen molar-refractivity contribution in [3.63, 3.8) is 0 Å². The van der Waals surface area contributed by atoms with E-state index in [2.05, 4.69) is 19.1 Å². The van der Waals surface area contributed by atoms with Crippen LogP contribution in [-0.4, -0.2) is 36.5 Å². The predicted octanol–water partition coefficient (Wildman–Crippen LogP) is 1.24. The molecule has 0 saturated carbocycles. The van der Waals surface area contributed by atoms with Gasteiger partial charge < -0.3 is 15.4 Å². The molecule has 2 atom stereocenters. The number of nitrogens with zero attached hydrogens (tertiary/aromatic N) is 1. The van der Waals surface area contributed by atoms with Crippen molar-refractivity contribution in [2.24, 2.45) is 5.73 Å². The van der Waals surface area contributed by atoms with Crippen LogP contribution in [0.2, 0.25) is 0 Å². The van der Waals surface area contributed by atoms with Crippen molar-refractivity contribution in [2.45, 2.75) is 26.0 Å². The largest absolute Gasteiger partial charge is 0.370 e. The summed E-state index contributed by atoms with van der Waals surface area (Å²) in [6, 6.07) is 7.68. The van der Waals surface area contributed by atoms with Gasteiger partial charge in [-0.3, -0.25) is 4.79 Å². The SMILES string of the molecule is Cc1ccccc1C1CN(C(=O)C(C)N)CCO1. The van der Waals surface area contributed by atoms with Gasteiger partial charge in [-0.2, -0.15) is 0 Å². The summed E-state index contributed by atoms with van der Waals surface area (Å²) >= 11 is 0. The molecule has 1 saturated heterocycles. The molecule has 2 rings (SSSR count). The molecule has 98 valence electrons. The fraction of sp³-hybridized carbons (Fsp3) is 0.500. The third-order valence-electron chi connectivity index (χ3n) is 3.30. The van der Waals surface area contributed by atoms with Gasteiger partial charge >= 0.3 is 0 Å². The number of carbonyl (C=O) groups is 1. The summed E-state index contributed by atoms with van der Waals surface area (Å²) < 4.78 is 5.77. The molecule has 0 aliphatic carbocycles. The highest BCUT2D eigenvalue weighted by molar-refractivity contribution is 5.81. The quantitative estimate of drug-likeness (QED) is 0.856. The zero-order chi connectivity index (χ0) is 13.1. The second-order valence-corrected chi connectivity index (χ2v) is 4.79. The van der Waals surface area contributed by atoms with Gasteiger partial charge in [-0.05, 0) is 25.0 Å². The van der Waals surface area contributed by atoms with E-state index in [1.54, 1.807) is 11.8 Å². The molecule has 1 heterocycles.